The fourth-order valence-electron chi connectivity index (χ4n) is 7.36. The predicted molar refractivity (Wildman–Crippen MR) is 179 cm³/mol. The van der Waals surface area contributed by atoms with Gasteiger partial charge in [-0.05, 0) is 113 Å². The van der Waals surface area contributed by atoms with Gasteiger partial charge >= 0.3 is 6.18 Å². The van der Waals surface area contributed by atoms with E-state index in [2.05, 4.69) is 9.80 Å². The second-order valence-corrected chi connectivity index (χ2v) is 12.9. The molecule has 5 rings (SSSR count). The van der Waals surface area contributed by atoms with Crippen LogP contribution in [-0.2, 0) is 23.8 Å². The lowest BCUT2D eigenvalue weighted by Crippen LogP contribution is -2.59. The number of ketones is 1. The van der Waals surface area contributed by atoms with Crippen molar-refractivity contribution in [2.24, 2.45) is 5.92 Å². The van der Waals surface area contributed by atoms with Crippen molar-refractivity contribution in [1.29, 1.82) is 0 Å². The maximum absolute atomic E-state index is 14.2. The number of fused-ring (bicyclic) bond motifs is 1. The summed E-state index contributed by atoms with van der Waals surface area (Å²) >= 11 is 0. The lowest BCUT2D eigenvalue weighted by atomic mass is 9.78. The van der Waals surface area contributed by atoms with Crippen LogP contribution in [0.5, 0.6) is 5.75 Å². The van der Waals surface area contributed by atoms with Crippen LogP contribution in [0.25, 0.3) is 0 Å². The van der Waals surface area contributed by atoms with Crippen molar-refractivity contribution >= 4 is 17.4 Å². The topological polar surface area (TPSA) is 53.1 Å². The first-order valence-electron chi connectivity index (χ1n) is 16.9. The van der Waals surface area contributed by atoms with Crippen LogP contribution < -0.4 is 9.64 Å². The first-order chi connectivity index (χ1) is 23.0. The van der Waals surface area contributed by atoms with Crippen LogP contribution >= 0.6 is 0 Å². The molecule has 2 heterocycles. The number of likely N-dealkylation sites (tertiary alicyclic amines) is 1. The summed E-state index contributed by atoms with van der Waals surface area (Å²) in [6.45, 7) is 7.63. The average Bonchev–Trinajstić information content (AvgIpc) is 3.58. The second kappa shape index (κ2) is 15.5. The van der Waals surface area contributed by atoms with E-state index in [1.807, 2.05) is 69.4 Å². The van der Waals surface area contributed by atoms with Crippen molar-refractivity contribution in [2.45, 2.75) is 70.6 Å². The molecule has 6 nitrogen and oxygen atoms in total. The highest BCUT2D eigenvalue weighted by Crippen LogP contribution is 2.38. The number of nitrogens with zero attached hydrogens (tertiary/aromatic N) is 3. The molecule has 258 valence electrons. The number of alkyl halides is 3. The number of likely N-dealkylation sites (N-methyl/N-ethyl adjacent to an activating group) is 1. The Morgan fingerprint density at radius 1 is 1.02 bits per heavy atom. The fraction of sp³-hybridized carbons (Fsp3) is 0.474. The molecule has 0 radical (unpaired) electrons. The molecule has 3 aromatic carbocycles. The average molecular weight is 668 g/mol. The number of carbonyl (C=O) groups excluding carboxylic acids is 2. The Morgan fingerprint density at radius 2 is 1.71 bits per heavy atom. The molecule has 2 aliphatic heterocycles. The molecule has 1 saturated heterocycles. The van der Waals surface area contributed by atoms with Crippen LogP contribution in [0.4, 0.5) is 23.2 Å². The number of halogens is 4. The lowest BCUT2D eigenvalue weighted by Gasteiger charge is -2.47. The molecule has 0 N–H and O–H groups in total. The van der Waals surface area contributed by atoms with Crippen molar-refractivity contribution in [2.75, 3.05) is 44.7 Å². The third-order valence-corrected chi connectivity index (χ3v) is 9.79. The van der Waals surface area contributed by atoms with Crippen molar-refractivity contribution in [3.8, 4) is 5.75 Å². The van der Waals surface area contributed by atoms with Gasteiger partial charge in [-0.15, -0.1) is 0 Å². The number of anilines is 1. The maximum Gasteiger partial charge on any atom is 0.419 e. The van der Waals surface area contributed by atoms with E-state index in [0.29, 0.717) is 38.0 Å². The maximum atomic E-state index is 14.2. The summed E-state index contributed by atoms with van der Waals surface area (Å²) in [4.78, 5) is 34.4. The molecule has 1 amide bonds. The zero-order valence-electron chi connectivity index (χ0n) is 27.9. The fourth-order valence-corrected chi connectivity index (χ4v) is 7.36. The van der Waals surface area contributed by atoms with Gasteiger partial charge in [0.25, 0.3) is 0 Å². The van der Waals surface area contributed by atoms with E-state index in [9.17, 15) is 27.2 Å². The summed E-state index contributed by atoms with van der Waals surface area (Å²) in [6.07, 6.45) is -1.05. The zero-order chi connectivity index (χ0) is 34.4. The smallest absolute Gasteiger partial charge is 0.419 e. The minimum atomic E-state index is -4.87. The number of carbonyl (C=O) groups is 2. The molecule has 0 bridgehead atoms. The summed E-state index contributed by atoms with van der Waals surface area (Å²) in [5.74, 6) is -1.37. The Bertz CT molecular complexity index is 1560. The van der Waals surface area contributed by atoms with Crippen molar-refractivity contribution < 1.29 is 31.9 Å². The summed E-state index contributed by atoms with van der Waals surface area (Å²) in [5, 5.41) is 0. The zero-order valence-corrected chi connectivity index (χ0v) is 27.9. The highest BCUT2D eigenvalue weighted by atomic mass is 19.4. The van der Waals surface area contributed by atoms with Crippen molar-refractivity contribution in [1.82, 2.24) is 9.80 Å². The van der Waals surface area contributed by atoms with Crippen LogP contribution in [0.2, 0.25) is 0 Å². The molecular weight excluding hydrogens is 622 g/mol. The number of aryl methyl sites for hydroxylation is 1. The van der Waals surface area contributed by atoms with Gasteiger partial charge in [0.2, 0.25) is 5.91 Å². The second-order valence-electron chi connectivity index (χ2n) is 12.9. The molecular formula is C38H45F4N3O3. The quantitative estimate of drug-likeness (QED) is 0.178. The van der Waals surface area contributed by atoms with Crippen LogP contribution in [0, 0.1) is 11.7 Å². The van der Waals surface area contributed by atoms with E-state index < -0.39 is 29.5 Å². The summed E-state index contributed by atoms with van der Waals surface area (Å²) in [7, 11) is 1.94. The Kier molecular flexibility index (Phi) is 11.5. The van der Waals surface area contributed by atoms with Gasteiger partial charge in [-0.2, -0.15) is 13.2 Å². The molecule has 2 aliphatic rings. The molecule has 0 saturated carbocycles. The van der Waals surface area contributed by atoms with Gasteiger partial charge in [0.1, 0.15) is 11.6 Å². The number of hydrogen-bond donors (Lipinski definition) is 0. The van der Waals surface area contributed by atoms with Gasteiger partial charge in [0, 0.05) is 36.8 Å². The number of benzene rings is 3. The van der Waals surface area contributed by atoms with E-state index in [4.69, 9.17) is 4.74 Å². The number of Topliss-reactive ketones (excluding diaryl/α,β-unsaturated/α-hetero) is 1. The van der Waals surface area contributed by atoms with Crippen LogP contribution in [0.3, 0.4) is 0 Å². The van der Waals surface area contributed by atoms with Gasteiger partial charge in [-0.1, -0.05) is 30.3 Å². The Morgan fingerprint density at radius 3 is 2.40 bits per heavy atom. The Hall–Kier alpha value is -3.92. The molecule has 2 unspecified atom stereocenters. The highest BCUT2D eigenvalue weighted by molar-refractivity contribution is 6.05. The SMILES string of the molecule is CCOc1ccc(CCC2C(=O)c3ccccc3N(C)C2[C@@H](C)N(CCCN2CCCC2)C(=O)Cc2ccc(F)c(C(F)(F)F)c2)cc1. The number of ether oxygens (including phenoxy) is 1. The molecule has 3 atom stereocenters. The number of amides is 1. The van der Waals surface area contributed by atoms with Crippen LogP contribution in [0.15, 0.2) is 66.7 Å². The molecule has 0 aromatic heterocycles. The van der Waals surface area contributed by atoms with E-state index in [1.165, 1.54) is 6.07 Å². The monoisotopic (exact) mass is 667 g/mol. The van der Waals surface area contributed by atoms with Crippen molar-refractivity contribution in [3.63, 3.8) is 0 Å². The van der Waals surface area contributed by atoms with Gasteiger partial charge < -0.3 is 19.4 Å². The number of rotatable bonds is 13. The van der Waals surface area contributed by atoms with Gasteiger partial charge in [-0.25, -0.2) is 4.39 Å². The standard InChI is InChI=1S/C38H45F4N3O3/c1-4-48-29-16-12-27(13-17-29)14-18-31-36(43(3)34-11-6-5-10-30(34)37(31)47)26(2)45(23-9-22-44-20-7-8-21-44)35(46)25-28-15-19-33(39)32(24-28)38(40,41)42/h5-6,10-13,15-17,19,24,26,31,36H,4,7-9,14,18,20-23,25H2,1-3H3/t26-,31?,36?/m1/s1. The first-order valence-corrected chi connectivity index (χ1v) is 16.9. The minimum Gasteiger partial charge on any atom is -0.494 e. The molecule has 48 heavy (non-hydrogen) atoms. The normalized spacial score (nSPS) is 18.9. The van der Waals surface area contributed by atoms with E-state index in [-0.39, 0.29) is 29.7 Å². The van der Waals surface area contributed by atoms with Gasteiger partial charge in [0.15, 0.2) is 5.78 Å². The largest absolute Gasteiger partial charge is 0.494 e. The number of hydrogen-bond acceptors (Lipinski definition) is 5. The minimum absolute atomic E-state index is 0.0179. The Labute approximate surface area is 280 Å². The Balaban J connectivity index is 1.44. The third-order valence-electron chi connectivity index (χ3n) is 9.79. The van der Waals surface area contributed by atoms with Gasteiger partial charge in [0.05, 0.1) is 24.6 Å². The molecule has 1 fully saturated rings. The summed E-state index contributed by atoms with van der Waals surface area (Å²) < 4.78 is 60.2. The predicted octanol–water partition coefficient (Wildman–Crippen LogP) is 7.44. The van der Waals surface area contributed by atoms with Crippen LogP contribution in [0.1, 0.15) is 66.6 Å². The lowest BCUT2D eigenvalue weighted by molar-refractivity contribution is -0.140. The molecule has 10 heteroatoms. The molecule has 0 aliphatic carbocycles. The summed E-state index contributed by atoms with van der Waals surface area (Å²) in [5.41, 5.74) is 1.20. The molecule has 3 aromatic rings. The van der Waals surface area contributed by atoms with Crippen molar-refractivity contribution in [3.05, 3.63) is 94.8 Å². The summed E-state index contributed by atoms with van der Waals surface area (Å²) in [6, 6.07) is 17.2. The third kappa shape index (κ3) is 8.20. The molecule has 0 spiro atoms. The van der Waals surface area contributed by atoms with Gasteiger partial charge in [-0.3, -0.25) is 9.59 Å². The van der Waals surface area contributed by atoms with Crippen LogP contribution in [-0.4, -0.2) is 73.4 Å². The first kappa shape index (κ1) is 35.4. The highest BCUT2D eigenvalue weighted by Gasteiger charge is 2.43. The van der Waals surface area contributed by atoms with E-state index in [0.717, 1.165) is 61.6 Å². The van der Waals surface area contributed by atoms with E-state index >= 15 is 0 Å². The van der Waals surface area contributed by atoms with E-state index in [1.54, 1.807) is 4.90 Å². The number of para-hydroxylation sites is 1.